The van der Waals surface area contributed by atoms with Crippen molar-refractivity contribution in [1.29, 1.82) is 0 Å². The molecule has 1 aliphatic rings. The first kappa shape index (κ1) is 19.7. The van der Waals surface area contributed by atoms with Crippen LogP contribution in [0.5, 0.6) is 5.75 Å². The zero-order valence-electron chi connectivity index (χ0n) is 16.6. The lowest BCUT2D eigenvalue weighted by Gasteiger charge is -2.08. The van der Waals surface area contributed by atoms with Crippen molar-refractivity contribution in [2.24, 2.45) is 0 Å². The van der Waals surface area contributed by atoms with Gasteiger partial charge in [-0.2, -0.15) is 5.10 Å². The van der Waals surface area contributed by atoms with E-state index in [1.54, 1.807) is 6.20 Å². The van der Waals surface area contributed by atoms with Gasteiger partial charge in [0.15, 0.2) is 6.61 Å². The van der Waals surface area contributed by atoms with Crippen molar-refractivity contribution in [3.63, 3.8) is 0 Å². The third kappa shape index (κ3) is 5.26. The summed E-state index contributed by atoms with van der Waals surface area (Å²) in [7, 11) is 0. The summed E-state index contributed by atoms with van der Waals surface area (Å²) in [4.78, 5) is 24.2. The zero-order valence-corrected chi connectivity index (χ0v) is 16.6. The number of ether oxygens (including phenoxy) is 1. The molecule has 2 aromatic carbocycles. The molecule has 1 aliphatic carbocycles. The maximum Gasteiger partial charge on any atom is 0.258 e. The van der Waals surface area contributed by atoms with Crippen molar-refractivity contribution in [1.82, 2.24) is 20.8 Å². The topological polar surface area (TPSA) is 96.1 Å². The van der Waals surface area contributed by atoms with Gasteiger partial charge in [0.2, 0.25) is 0 Å². The lowest BCUT2D eigenvalue weighted by molar-refractivity contribution is -0.123. The molecule has 1 aromatic heterocycles. The highest BCUT2D eigenvalue weighted by Crippen LogP contribution is 2.20. The van der Waals surface area contributed by atoms with E-state index in [0.717, 1.165) is 24.0 Å². The van der Waals surface area contributed by atoms with Gasteiger partial charge in [0.1, 0.15) is 5.75 Å². The Labute approximate surface area is 174 Å². The summed E-state index contributed by atoms with van der Waals surface area (Å²) in [6, 6.07) is 17.5. The molecule has 154 valence electrons. The van der Waals surface area contributed by atoms with Crippen LogP contribution in [0.25, 0.3) is 11.3 Å². The average molecular weight is 404 g/mol. The molecule has 1 saturated carbocycles. The summed E-state index contributed by atoms with van der Waals surface area (Å²) in [6.07, 6.45) is 4.35. The number of aromatic amines is 1. The monoisotopic (exact) mass is 404 g/mol. The maximum absolute atomic E-state index is 12.5. The van der Waals surface area contributed by atoms with E-state index in [1.807, 2.05) is 54.6 Å². The molecule has 1 fully saturated rings. The summed E-state index contributed by atoms with van der Waals surface area (Å²) in [6.45, 7) is 0.530. The fourth-order valence-electron chi connectivity index (χ4n) is 3.10. The maximum atomic E-state index is 12.5. The molecule has 0 radical (unpaired) electrons. The minimum Gasteiger partial charge on any atom is -0.484 e. The van der Waals surface area contributed by atoms with Gasteiger partial charge >= 0.3 is 0 Å². The number of aromatic nitrogens is 2. The van der Waals surface area contributed by atoms with Gasteiger partial charge in [0.25, 0.3) is 11.8 Å². The average Bonchev–Trinajstić information content (AvgIpc) is 3.44. The van der Waals surface area contributed by atoms with Gasteiger partial charge in [0, 0.05) is 18.2 Å². The first-order valence-corrected chi connectivity index (χ1v) is 10.1. The van der Waals surface area contributed by atoms with E-state index in [-0.39, 0.29) is 18.4 Å². The standard InChI is InChI=1S/C23H24N4O3/c28-21(26-18-8-9-18)15-30-19-10-6-16(7-11-19)12-13-24-23(29)20-14-25-27-22(20)17-4-2-1-3-5-17/h1-7,10-11,14,18H,8-9,12-13,15H2,(H,24,29)(H,25,27)(H,26,28). The minimum atomic E-state index is -0.163. The number of amides is 2. The molecule has 0 unspecified atom stereocenters. The summed E-state index contributed by atoms with van der Waals surface area (Å²) >= 11 is 0. The molecule has 0 bridgehead atoms. The molecule has 1 heterocycles. The second-order valence-electron chi connectivity index (χ2n) is 7.31. The Morgan fingerprint density at radius 1 is 1.07 bits per heavy atom. The highest BCUT2D eigenvalue weighted by atomic mass is 16.5. The Morgan fingerprint density at radius 3 is 2.57 bits per heavy atom. The van der Waals surface area contributed by atoms with Gasteiger partial charge in [0.05, 0.1) is 17.5 Å². The van der Waals surface area contributed by atoms with E-state index in [9.17, 15) is 9.59 Å². The molecular formula is C23H24N4O3. The molecule has 4 rings (SSSR count). The van der Waals surface area contributed by atoms with Crippen LogP contribution in [0.3, 0.4) is 0 Å². The van der Waals surface area contributed by atoms with E-state index < -0.39 is 0 Å². The molecule has 0 aliphatic heterocycles. The van der Waals surface area contributed by atoms with E-state index in [4.69, 9.17) is 4.74 Å². The Bertz CT molecular complexity index is 995. The molecule has 30 heavy (non-hydrogen) atoms. The van der Waals surface area contributed by atoms with Crippen LogP contribution in [0.4, 0.5) is 0 Å². The Kier molecular flexibility index (Phi) is 6.08. The second-order valence-corrected chi connectivity index (χ2v) is 7.31. The summed E-state index contributed by atoms with van der Waals surface area (Å²) < 4.78 is 5.51. The van der Waals surface area contributed by atoms with Crippen LogP contribution in [0, 0.1) is 0 Å². The van der Waals surface area contributed by atoms with Crippen molar-refractivity contribution in [3.8, 4) is 17.0 Å². The first-order chi connectivity index (χ1) is 14.7. The number of benzene rings is 2. The molecule has 3 aromatic rings. The molecular weight excluding hydrogens is 380 g/mol. The number of hydrogen-bond donors (Lipinski definition) is 3. The third-order valence-corrected chi connectivity index (χ3v) is 4.88. The Balaban J connectivity index is 1.24. The Hall–Kier alpha value is -3.61. The number of hydrogen-bond acceptors (Lipinski definition) is 4. The highest BCUT2D eigenvalue weighted by Gasteiger charge is 2.23. The largest absolute Gasteiger partial charge is 0.484 e. The van der Waals surface area contributed by atoms with E-state index in [2.05, 4.69) is 20.8 Å². The van der Waals surface area contributed by atoms with Gasteiger partial charge < -0.3 is 15.4 Å². The molecule has 3 N–H and O–H groups in total. The van der Waals surface area contributed by atoms with Crippen LogP contribution in [0.15, 0.2) is 60.8 Å². The summed E-state index contributed by atoms with van der Waals surface area (Å²) in [5.74, 6) is 0.405. The number of rotatable bonds is 9. The third-order valence-electron chi connectivity index (χ3n) is 4.88. The molecule has 7 nitrogen and oxygen atoms in total. The predicted molar refractivity (Wildman–Crippen MR) is 113 cm³/mol. The summed E-state index contributed by atoms with van der Waals surface area (Å²) in [5.41, 5.74) is 3.22. The quantitative estimate of drug-likeness (QED) is 0.511. The fraction of sp³-hybridized carbons (Fsp3) is 0.261. The van der Waals surface area contributed by atoms with Gasteiger partial charge in [-0.25, -0.2) is 0 Å². The lowest BCUT2D eigenvalue weighted by Crippen LogP contribution is -2.30. The summed E-state index contributed by atoms with van der Waals surface area (Å²) in [5, 5.41) is 12.7. The lowest BCUT2D eigenvalue weighted by atomic mass is 10.1. The molecule has 2 amide bonds. The normalized spacial score (nSPS) is 12.9. The predicted octanol–water partition coefficient (Wildman–Crippen LogP) is 2.71. The van der Waals surface area contributed by atoms with E-state index in [0.29, 0.717) is 36.0 Å². The zero-order chi connectivity index (χ0) is 20.8. The van der Waals surface area contributed by atoms with Crippen molar-refractivity contribution < 1.29 is 14.3 Å². The number of nitrogens with one attached hydrogen (secondary N) is 3. The first-order valence-electron chi connectivity index (χ1n) is 10.1. The van der Waals surface area contributed by atoms with Crippen LogP contribution in [0.1, 0.15) is 28.8 Å². The van der Waals surface area contributed by atoms with Crippen molar-refractivity contribution >= 4 is 11.8 Å². The van der Waals surface area contributed by atoms with Crippen molar-refractivity contribution in [2.75, 3.05) is 13.2 Å². The number of carbonyl (C=O) groups is 2. The van der Waals surface area contributed by atoms with Crippen LogP contribution in [-0.4, -0.2) is 41.2 Å². The van der Waals surface area contributed by atoms with Crippen molar-refractivity contribution in [2.45, 2.75) is 25.3 Å². The Morgan fingerprint density at radius 2 is 1.83 bits per heavy atom. The van der Waals surface area contributed by atoms with Gasteiger partial charge in [-0.15, -0.1) is 0 Å². The molecule has 0 spiro atoms. The van der Waals surface area contributed by atoms with Crippen molar-refractivity contribution in [3.05, 3.63) is 71.9 Å². The van der Waals surface area contributed by atoms with Gasteiger partial charge in [-0.1, -0.05) is 42.5 Å². The van der Waals surface area contributed by atoms with Gasteiger partial charge in [-0.3, -0.25) is 14.7 Å². The smallest absolute Gasteiger partial charge is 0.258 e. The SMILES string of the molecule is O=C(COc1ccc(CCNC(=O)c2cn[nH]c2-c2ccccc2)cc1)NC1CC1. The number of H-pyrrole nitrogens is 1. The highest BCUT2D eigenvalue weighted by molar-refractivity contribution is 5.99. The van der Waals surface area contributed by atoms with Crippen LogP contribution in [-0.2, 0) is 11.2 Å². The van der Waals surface area contributed by atoms with Crippen LogP contribution >= 0.6 is 0 Å². The molecule has 7 heteroatoms. The van der Waals surface area contributed by atoms with Gasteiger partial charge in [-0.05, 0) is 37.0 Å². The number of nitrogens with zero attached hydrogens (tertiary/aromatic N) is 1. The minimum absolute atomic E-state index is 0.0281. The molecule has 0 atom stereocenters. The van der Waals surface area contributed by atoms with Crippen LogP contribution in [0.2, 0.25) is 0 Å². The molecule has 0 saturated heterocycles. The van der Waals surface area contributed by atoms with E-state index in [1.165, 1.54) is 0 Å². The number of carbonyl (C=O) groups excluding carboxylic acids is 2. The van der Waals surface area contributed by atoms with E-state index >= 15 is 0 Å². The fourth-order valence-corrected chi connectivity index (χ4v) is 3.10. The second kappa shape index (κ2) is 9.26. The van der Waals surface area contributed by atoms with Crippen LogP contribution < -0.4 is 15.4 Å².